The molecule has 98 valence electrons. The summed E-state index contributed by atoms with van der Waals surface area (Å²) in [7, 11) is 0. The van der Waals surface area contributed by atoms with E-state index < -0.39 is 4.92 Å². The molecule has 18 heavy (non-hydrogen) atoms. The zero-order valence-electron chi connectivity index (χ0n) is 10.5. The molecule has 1 fully saturated rings. The summed E-state index contributed by atoms with van der Waals surface area (Å²) in [5.74, 6) is 0.375. The van der Waals surface area contributed by atoms with Crippen LogP contribution in [0.1, 0.15) is 31.2 Å². The van der Waals surface area contributed by atoms with E-state index >= 15 is 0 Å². The smallest absolute Gasteiger partial charge is 0.310 e. The third-order valence-corrected chi connectivity index (χ3v) is 3.32. The topological polar surface area (TPSA) is 78.4 Å². The van der Waals surface area contributed by atoms with Crippen molar-refractivity contribution in [2.24, 2.45) is 5.73 Å². The summed E-state index contributed by atoms with van der Waals surface area (Å²) in [4.78, 5) is 10.5. The lowest BCUT2D eigenvalue weighted by Crippen LogP contribution is -2.31. The average Bonchev–Trinajstić information content (AvgIpc) is 2.32. The van der Waals surface area contributed by atoms with E-state index in [2.05, 4.69) is 0 Å². The van der Waals surface area contributed by atoms with E-state index in [9.17, 15) is 10.1 Å². The van der Waals surface area contributed by atoms with Crippen molar-refractivity contribution in [3.05, 3.63) is 33.9 Å². The molecule has 1 saturated carbocycles. The normalized spacial score (nSPS) is 23.7. The van der Waals surface area contributed by atoms with Crippen LogP contribution >= 0.6 is 0 Å². The highest BCUT2D eigenvalue weighted by atomic mass is 16.6. The molecular weight excluding hydrogens is 232 g/mol. The van der Waals surface area contributed by atoms with Crippen LogP contribution in [0.15, 0.2) is 18.2 Å². The molecule has 0 bridgehead atoms. The van der Waals surface area contributed by atoms with Crippen LogP contribution < -0.4 is 10.5 Å². The van der Waals surface area contributed by atoms with Crippen molar-refractivity contribution in [1.82, 2.24) is 0 Å². The van der Waals surface area contributed by atoms with Crippen LogP contribution in [0.3, 0.4) is 0 Å². The van der Waals surface area contributed by atoms with Gasteiger partial charge in [-0.25, -0.2) is 0 Å². The molecule has 0 unspecified atom stereocenters. The second kappa shape index (κ2) is 5.35. The summed E-state index contributed by atoms with van der Waals surface area (Å²) in [6, 6.07) is 5.20. The zero-order chi connectivity index (χ0) is 13.1. The molecule has 1 aromatic carbocycles. The van der Waals surface area contributed by atoms with E-state index in [4.69, 9.17) is 10.5 Å². The number of nitro benzene ring substituents is 1. The van der Waals surface area contributed by atoms with Crippen molar-refractivity contribution < 1.29 is 9.66 Å². The van der Waals surface area contributed by atoms with Gasteiger partial charge in [0, 0.05) is 12.1 Å². The molecule has 5 nitrogen and oxygen atoms in total. The fraction of sp³-hybridized carbons (Fsp3) is 0.538. The van der Waals surface area contributed by atoms with Gasteiger partial charge in [0.15, 0.2) is 5.75 Å². The quantitative estimate of drug-likeness (QED) is 0.660. The molecule has 1 aromatic rings. The first-order chi connectivity index (χ1) is 8.56. The Hall–Kier alpha value is -1.62. The number of hydrogen-bond acceptors (Lipinski definition) is 4. The minimum absolute atomic E-state index is 0.0375. The lowest BCUT2D eigenvalue weighted by atomic mass is 9.94. The number of nitrogens with two attached hydrogens (primary N) is 1. The van der Waals surface area contributed by atoms with E-state index in [1.165, 1.54) is 6.07 Å². The van der Waals surface area contributed by atoms with Crippen molar-refractivity contribution in [2.45, 2.75) is 44.8 Å². The molecule has 1 aliphatic rings. The molecule has 5 heteroatoms. The van der Waals surface area contributed by atoms with Gasteiger partial charge in [0.25, 0.3) is 0 Å². The predicted octanol–water partition coefficient (Wildman–Crippen LogP) is 2.55. The summed E-state index contributed by atoms with van der Waals surface area (Å²) in [5.41, 5.74) is 6.83. The van der Waals surface area contributed by atoms with Crippen LogP contribution in [0.5, 0.6) is 5.75 Å². The number of nitrogens with zero attached hydrogens (tertiary/aromatic N) is 1. The molecule has 0 atom stereocenters. The largest absolute Gasteiger partial charge is 0.483 e. The molecule has 0 spiro atoms. The van der Waals surface area contributed by atoms with Gasteiger partial charge in [0.05, 0.1) is 11.0 Å². The fourth-order valence-corrected chi connectivity index (χ4v) is 2.25. The van der Waals surface area contributed by atoms with E-state index in [-0.39, 0.29) is 17.8 Å². The molecule has 2 N–H and O–H groups in total. The van der Waals surface area contributed by atoms with Gasteiger partial charge in [-0.2, -0.15) is 0 Å². The molecule has 0 saturated heterocycles. The second-order valence-electron chi connectivity index (χ2n) is 4.88. The van der Waals surface area contributed by atoms with Gasteiger partial charge in [-0.1, -0.05) is 6.07 Å². The van der Waals surface area contributed by atoms with E-state index in [0.29, 0.717) is 5.75 Å². The molecule has 2 rings (SSSR count). The third-order valence-electron chi connectivity index (χ3n) is 3.32. The second-order valence-corrected chi connectivity index (χ2v) is 4.88. The minimum Gasteiger partial charge on any atom is -0.483 e. The van der Waals surface area contributed by atoms with Crippen LogP contribution in [-0.4, -0.2) is 17.1 Å². The molecule has 0 aliphatic heterocycles. The van der Waals surface area contributed by atoms with Gasteiger partial charge in [0.1, 0.15) is 0 Å². The zero-order valence-corrected chi connectivity index (χ0v) is 10.5. The van der Waals surface area contributed by atoms with Gasteiger partial charge in [-0.3, -0.25) is 10.1 Å². The molecule has 1 aliphatic carbocycles. The minimum atomic E-state index is -0.399. The Kier molecular flexibility index (Phi) is 3.81. The first-order valence-electron chi connectivity index (χ1n) is 6.23. The highest BCUT2D eigenvalue weighted by Gasteiger charge is 2.23. The Balaban J connectivity index is 2.12. The Morgan fingerprint density at radius 2 is 2.00 bits per heavy atom. The van der Waals surface area contributed by atoms with Crippen molar-refractivity contribution in [3.8, 4) is 5.75 Å². The van der Waals surface area contributed by atoms with E-state index in [1.807, 2.05) is 6.92 Å². The highest BCUT2D eigenvalue weighted by molar-refractivity contribution is 5.48. The molecule has 0 aromatic heterocycles. The Bertz CT molecular complexity index is 440. The van der Waals surface area contributed by atoms with E-state index in [1.54, 1.807) is 12.1 Å². The highest BCUT2D eigenvalue weighted by Crippen LogP contribution is 2.31. The summed E-state index contributed by atoms with van der Waals surface area (Å²) in [6.07, 6.45) is 3.62. The van der Waals surface area contributed by atoms with Crippen LogP contribution in [0.25, 0.3) is 0 Å². The van der Waals surface area contributed by atoms with E-state index in [0.717, 1.165) is 31.2 Å². The first kappa shape index (κ1) is 12.8. The molecule has 0 heterocycles. The van der Waals surface area contributed by atoms with Crippen molar-refractivity contribution in [3.63, 3.8) is 0 Å². The number of aryl methyl sites for hydroxylation is 1. The van der Waals surface area contributed by atoms with Gasteiger partial charge in [-0.05, 0) is 44.2 Å². The van der Waals surface area contributed by atoms with Crippen molar-refractivity contribution in [2.75, 3.05) is 0 Å². The average molecular weight is 250 g/mol. The maximum Gasteiger partial charge on any atom is 0.310 e. The lowest BCUT2D eigenvalue weighted by Gasteiger charge is -2.26. The van der Waals surface area contributed by atoms with Crippen LogP contribution in [0.2, 0.25) is 0 Å². The Labute approximate surface area is 106 Å². The SMILES string of the molecule is Cc1ccc([N+](=O)[O-])c(OC2CCC(N)CC2)c1. The third kappa shape index (κ3) is 2.98. The standard InChI is InChI=1S/C13H18N2O3/c1-9-2-7-12(15(16)17)13(8-9)18-11-5-3-10(14)4-6-11/h2,7-8,10-11H,3-6,14H2,1H3. The number of nitro groups is 1. The molecule has 0 radical (unpaired) electrons. The van der Waals surface area contributed by atoms with Gasteiger partial charge in [0.2, 0.25) is 0 Å². The predicted molar refractivity (Wildman–Crippen MR) is 68.7 cm³/mol. The number of hydrogen-bond donors (Lipinski definition) is 1. The maximum absolute atomic E-state index is 10.9. The lowest BCUT2D eigenvalue weighted by molar-refractivity contribution is -0.386. The van der Waals surface area contributed by atoms with Crippen LogP contribution in [0.4, 0.5) is 5.69 Å². The Morgan fingerprint density at radius 1 is 1.33 bits per heavy atom. The fourth-order valence-electron chi connectivity index (χ4n) is 2.25. The van der Waals surface area contributed by atoms with Gasteiger partial charge in [-0.15, -0.1) is 0 Å². The molecular formula is C13H18N2O3. The summed E-state index contributed by atoms with van der Waals surface area (Å²) >= 11 is 0. The summed E-state index contributed by atoms with van der Waals surface area (Å²) < 4.78 is 5.78. The Morgan fingerprint density at radius 3 is 2.61 bits per heavy atom. The van der Waals surface area contributed by atoms with Crippen LogP contribution in [-0.2, 0) is 0 Å². The number of rotatable bonds is 3. The number of ether oxygens (including phenoxy) is 1. The summed E-state index contributed by atoms with van der Waals surface area (Å²) in [6.45, 7) is 1.90. The monoisotopic (exact) mass is 250 g/mol. The van der Waals surface area contributed by atoms with Crippen LogP contribution in [0, 0.1) is 17.0 Å². The van der Waals surface area contributed by atoms with Gasteiger partial charge >= 0.3 is 5.69 Å². The van der Waals surface area contributed by atoms with Crippen molar-refractivity contribution >= 4 is 5.69 Å². The maximum atomic E-state index is 10.9. The van der Waals surface area contributed by atoms with Crippen molar-refractivity contribution in [1.29, 1.82) is 0 Å². The number of benzene rings is 1. The summed E-state index contributed by atoms with van der Waals surface area (Å²) in [5, 5.41) is 10.9. The van der Waals surface area contributed by atoms with Gasteiger partial charge < -0.3 is 10.5 Å². The molecule has 0 amide bonds. The first-order valence-corrected chi connectivity index (χ1v) is 6.23.